The van der Waals surface area contributed by atoms with Crippen LogP contribution in [0.15, 0.2) is 65.3 Å². The van der Waals surface area contributed by atoms with Crippen molar-refractivity contribution in [2.75, 3.05) is 19.5 Å². The number of hydrogen-bond donors (Lipinski definition) is 1. The van der Waals surface area contributed by atoms with Gasteiger partial charge < -0.3 is 19.2 Å². The van der Waals surface area contributed by atoms with Gasteiger partial charge in [-0.1, -0.05) is 24.3 Å². The Morgan fingerprint density at radius 2 is 1.65 bits per heavy atom. The number of benzene rings is 3. The van der Waals surface area contributed by atoms with Crippen molar-refractivity contribution in [3.63, 3.8) is 0 Å². The minimum Gasteiger partial charge on any atom is -0.496 e. The van der Waals surface area contributed by atoms with Crippen molar-refractivity contribution in [2.24, 2.45) is 0 Å². The summed E-state index contributed by atoms with van der Waals surface area (Å²) >= 11 is 0. The molecule has 1 N–H and O–H groups in total. The zero-order chi connectivity index (χ0) is 24.4. The van der Waals surface area contributed by atoms with Gasteiger partial charge >= 0.3 is 0 Å². The Morgan fingerprint density at radius 1 is 0.941 bits per heavy atom. The van der Waals surface area contributed by atoms with E-state index in [1.165, 1.54) is 0 Å². The lowest BCUT2D eigenvalue weighted by atomic mass is 9.96. The number of ether oxygens (including phenoxy) is 2. The van der Waals surface area contributed by atoms with E-state index >= 15 is 0 Å². The highest BCUT2D eigenvalue weighted by atomic mass is 16.5. The number of hydrogen-bond acceptors (Lipinski definition) is 4. The molecule has 174 valence electrons. The molecule has 0 aliphatic rings. The molecule has 5 nitrogen and oxygen atoms in total. The molecule has 4 rings (SSSR count). The van der Waals surface area contributed by atoms with Gasteiger partial charge in [-0.3, -0.25) is 4.79 Å². The summed E-state index contributed by atoms with van der Waals surface area (Å²) in [5, 5.41) is 3.90. The van der Waals surface area contributed by atoms with Crippen LogP contribution in [0.25, 0.3) is 27.7 Å². The number of carbonyl (C=O) groups excluding carboxylic acids is 1. The maximum Gasteiger partial charge on any atom is 0.248 e. The van der Waals surface area contributed by atoms with Gasteiger partial charge in [0.25, 0.3) is 0 Å². The number of anilines is 1. The van der Waals surface area contributed by atoms with Gasteiger partial charge in [0.2, 0.25) is 5.91 Å². The van der Waals surface area contributed by atoms with Crippen LogP contribution in [0.5, 0.6) is 11.5 Å². The topological polar surface area (TPSA) is 60.7 Å². The van der Waals surface area contributed by atoms with Crippen molar-refractivity contribution < 1.29 is 18.7 Å². The minimum absolute atomic E-state index is 0.195. The molecule has 34 heavy (non-hydrogen) atoms. The van der Waals surface area contributed by atoms with E-state index in [-0.39, 0.29) is 5.91 Å². The lowest BCUT2D eigenvalue weighted by molar-refractivity contribution is -0.111. The Balaban J connectivity index is 1.78. The fourth-order valence-corrected chi connectivity index (χ4v) is 4.45. The minimum atomic E-state index is -0.195. The van der Waals surface area contributed by atoms with Crippen LogP contribution >= 0.6 is 0 Å². The summed E-state index contributed by atoms with van der Waals surface area (Å²) in [4.78, 5) is 12.8. The standard InChI is InChI=1S/C29H29NO4/c1-17-11-18(2)13-21(12-17)30-27(31)14-19(3)23-15-24-25(22-9-7-8-10-26(22)32-5)16-34-29(24)20(4)28(23)33-6/h7-16H,1-6H3,(H,30,31)/b19-14+. The smallest absolute Gasteiger partial charge is 0.248 e. The quantitative estimate of drug-likeness (QED) is 0.316. The highest BCUT2D eigenvalue weighted by molar-refractivity contribution is 6.06. The van der Waals surface area contributed by atoms with Crippen LogP contribution in [-0.2, 0) is 4.79 Å². The summed E-state index contributed by atoms with van der Waals surface area (Å²) < 4.78 is 17.3. The first-order chi connectivity index (χ1) is 16.3. The first kappa shape index (κ1) is 23.2. The summed E-state index contributed by atoms with van der Waals surface area (Å²) in [5.74, 6) is 1.25. The zero-order valence-electron chi connectivity index (χ0n) is 20.4. The van der Waals surface area contributed by atoms with Gasteiger partial charge in [0, 0.05) is 39.4 Å². The summed E-state index contributed by atoms with van der Waals surface area (Å²) in [7, 11) is 3.28. The van der Waals surface area contributed by atoms with E-state index in [9.17, 15) is 4.79 Å². The number of nitrogens with one attached hydrogen (secondary N) is 1. The highest BCUT2D eigenvalue weighted by Crippen LogP contribution is 2.42. The third-order valence-corrected chi connectivity index (χ3v) is 5.91. The molecule has 0 unspecified atom stereocenters. The van der Waals surface area contributed by atoms with E-state index in [1.54, 1.807) is 26.6 Å². The van der Waals surface area contributed by atoms with Crippen molar-refractivity contribution in [3.05, 3.63) is 83.1 Å². The van der Waals surface area contributed by atoms with Crippen LogP contribution in [0.3, 0.4) is 0 Å². The number of methoxy groups -OCH3 is 2. The monoisotopic (exact) mass is 455 g/mol. The van der Waals surface area contributed by atoms with E-state index < -0.39 is 0 Å². The molecule has 4 aromatic rings. The number of rotatable bonds is 6. The summed E-state index contributed by atoms with van der Waals surface area (Å²) in [6, 6.07) is 15.8. The lowest BCUT2D eigenvalue weighted by Gasteiger charge is -2.14. The van der Waals surface area contributed by atoms with Gasteiger partial charge in [-0.05, 0) is 68.7 Å². The Bertz CT molecular complexity index is 1390. The van der Waals surface area contributed by atoms with Crippen LogP contribution < -0.4 is 14.8 Å². The van der Waals surface area contributed by atoms with Crippen molar-refractivity contribution in [1.29, 1.82) is 0 Å². The number of para-hydroxylation sites is 1. The van der Waals surface area contributed by atoms with Gasteiger partial charge in [-0.25, -0.2) is 0 Å². The molecule has 1 aromatic heterocycles. The SMILES string of the molecule is COc1ccccc1-c1coc2c(C)c(OC)c(/C(C)=C/C(=O)Nc3cc(C)cc(C)c3)cc12. The predicted molar refractivity (Wildman–Crippen MR) is 138 cm³/mol. The molecule has 0 radical (unpaired) electrons. The molecule has 0 saturated heterocycles. The molecule has 0 spiro atoms. The largest absolute Gasteiger partial charge is 0.496 e. The van der Waals surface area contributed by atoms with Crippen molar-refractivity contribution in [2.45, 2.75) is 27.7 Å². The molecule has 5 heteroatoms. The molecule has 0 fully saturated rings. The summed E-state index contributed by atoms with van der Waals surface area (Å²) in [5.41, 5.74) is 8.08. The molecular formula is C29H29NO4. The average Bonchev–Trinajstić information content (AvgIpc) is 3.22. The van der Waals surface area contributed by atoms with Gasteiger partial charge in [-0.15, -0.1) is 0 Å². The second-order valence-electron chi connectivity index (χ2n) is 8.50. The molecule has 1 amide bonds. The molecule has 0 aliphatic carbocycles. The summed E-state index contributed by atoms with van der Waals surface area (Å²) in [6.07, 6.45) is 3.34. The molecule has 0 aliphatic heterocycles. The first-order valence-electron chi connectivity index (χ1n) is 11.1. The number of allylic oxidation sites excluding steroid dienone is 1. The maximum atomic E-state index is 12.8. The highest BCUT2D eigenvalue weighted by Gasteiger charge is 2.20. The molecule has 0 atom stereocenters. The van der Waals surface area contributed by atoms with Crippen molar-refractivity contribution in [1.82, 2.24) is 0 Å². The fraction of sp³-hybridized carbons (Fsp3) is 0.207. The van der Waals surface area contributed by atoms with Gasteiger partial charge in [0.1, 0.15) is 17.1 Å². The summed E-state index contributed by atoms with van der Waals surface area (Å²) in [6.45, 7) is 7.89. The van der Waals surface area contributed by atoms with Crippen LogP contribution in [0.1, 0.15) is 29.2 Å². The normalized spacial score (nSPS) is 11.5. The Labute approximate surface area is 200 Å². The van der Waals surface area contributed by atoms with Crippen molar-refractivity contribution in [3.8, 4) is 22.6 Å². The number of carbonyl (C=O) groups is 1. The third-order valence-electron chi connectivity index (χ3n) is 5.91. The van der Waals surface area contributed by atoms with E-state index in [4.69, 9.17) is 13.9 Å². The molecule has 1 heterocycles. The van der Waals surface area contributed by atoms with Gasteiger partial charge in [0.05, 0.1) is 20.5 Å². The molecule has 3 aromatic carbocycles. The second kappa shape index (κ2) is 9.48. The number of furan rings is 1. The van der Waals surface area contributed by atoms with Crippen LogP contribution in [-0.4, -0.2) is 20.1 Å². The van der Waals surface area contributed by atoms with E-state index in [2.05, 4.69) is 11.4 Å². The van der Waals surface area contributed by atoms with Gasteiger partial charge in [-0.2, -0.15) is 0 Å². The van der Waals surface area contributed by atoms with E-state index in [0.717, 1.165) is 61.4 Å². The Morgan fingerprint density at radius 3 is 2.32 bits per heavy atom. The fourth-order valence-electron chi connectivity index (χ4n) is 4.45. The van der Waals surface area contributed by atoms with Crippen LogP contribution in [0.2, 0.25) is 0 Å². The number of aryl methyl sites for hydroxylation is 3. The van der Waals surface area contributed by atoms with E-state index in [1.807, 2.05) is 70.2 Å². The zero-order valence-corrected chi connectivity index (χ0v) is 20.4. The lowest BCUT2D eigenvalue weighted by Crippen LogP contribution is -2.09. The Hall–Kier alpha value is -3.99. The molecule has 0 saturated carbocycles. The second-order valence-corrected chi connectivity index (χ2v) is 8.50. The van der Waals surface area contributed by atoms with Crippen molar-refractivity contribution >= 4 is 28.1 Å². The molecule has 0 bridgehead atoms. The first-order valence-corrected chi connectivity index (χ1v) is 11.1. The predicted octanol–water partition coefficient (Wildman–Crippen LogP) is 7.08. The average molecular weight is 456 g/mol. The van der Waals surface area contributed by atoms with Crippen LogP contribution in [0, 0.1) is 20.8 Å². The van der Waals surface area contributed by atoms with Gasteiger partial charge in [0.15, 0.2) is 0 Å². The number of fused-ring (bicyclic) bond motifs is 1. The van der Waals surface area contributed by atoms with Crippen LogP contribution in [0.4, 0.5) is 5.69 Å². The maximum absolute atomic E-state index is 12.8. The Kier molecular flexibility index (Phi) is 6.46. The third kappa shape index (κ3) is 4.42. The molecular weight excluding hydrogens is 426 g/mol. The van der Waals surface area contributed by atoms with E-state index in [0.29, 0.717) is 5.75 Å². The number of amides is 1.